The fraction of sp³-hybridized carbons (Fsp3) is 0.158. The summed E-state index contributed by atoms with van der Waals surface area (Å²) in [5.74, 6) is 1.43. The van der Waals surface area contributed by atoms with Crippen molar-refractivity contribution in [3.05, 3.63) is 60.7 Å². The van der Waals surface area contributed by atoms with E-state index in [1.54, 1.807) is 18.2 Å². The molecule has 0 unspecified atom stereocenters. The van der Waals surface area contributed by atoms with Crippen LogP contribution in [0.5, 0.6) is 5.75 Å². The molecule has 0 atom stereocenters. The van der Waals surface area contributed by atoms with Crippen LogP contribution in [0.15, 0.2) is 60.7 Å². The number of aromatic nitrogens is 2. The minimum atomic E-state index is 0.206. The standard InChI is InChI=1S/C19H20N4O/c1-13(2)20-19-22-17(14-7-4-3-5-8-14)12-18(23-19)21-15-9-6-10-16(24)11-15/h3-13,24H,1-2H3,(H2,20,21,22,23). The normalized spacial score (nSPS) is 10.6. The van der Waals surface area contributed by atoms with Gasteiger partial charge in [-0.25, -0.2) is 4.98 Å². The molecule has 3 rings (SSSR count). The van der Waals surface area contributed by atoms with E-state index in [2.05, 4.69) is 20.6 Å². The number of hydrogen-bond acceptors (Lipinski definition) is 5. The summed E-state index contributed by atoms with van der Waals surface area (Å²) in [6.45, 7) is 4.09. The molecule has 1 aromatic heterocycles. The minimum absolute atomic E-state index is 0.206. The van der Waals surface area contributed by atoms with Gasteiger partial charge in [-0.2, -0.15) is 4.98 Å². The Labute approximate surface area is 141 Å². The summed E-state index contributed by atoms with van der Waals surface area (Å²) in [5.41, 5.74) is 2.62. The van der Waals surface area contributed by atoms with Gasteiger partial charge in [-0.15, -0.1) is 0 Å². The van der Waals surface area contributed by atoms with Crippen molar-refractivity contribution in [3.63, 3.8) is 0 Å². The molecule has 1 heterocycles. The van der Waals surface area contributed by atoms with Gasteiger partial charge in [0.1, 0.15) is 11.6 Å². The van der Waals surface area contributed by atoms with Gasteiger partial charge in [-0.3, -0.25) is 0 Å². The number of nitrogens with one attached hydrogen (secondary N) is 2. The molecule has 0 saturated carbocycles. The molecular formula is C19H20N4O. The molecule has 5 heteroatoms. The van der Waals surface area contributed by atoms with E-state index >= 15 is 0 Å². The molecule has 0 fully saturated rings. The van der Waals surface area contributed by atoms with Gasteiger partial charge in [0.25, 0.3) is 0 Å². The van der Waals surface area contributed by atoms with Crippen LogP contribution in [0.1, 0.15) is 13.8 Å². The summed E-state index contributed by atoms with van der Waals surface area (Å²) in [5, 5.41) is 16.1. The fourth-order valence-corrected chi connectivity index (χ4v) is 2.32. The Morgan fingerprint density at radius 1 is 0.917 bits per heavy atom. The molecule has 0 saturated heterocycles. The van der Waals surface area contributed by atoms with Crippen LogP contribution in [0.3, 0.4) is 0 Å². The van der Waals surface area contributed by atoms with Crippen LogP contribution in [-0.2, 0) is 0 Å². The van der Waals surface area contributed by atoms with Crippen molar-refractivity contribution in [3.8, 4) is 17.0 Å². The maximum atomic E-state index is 9.61. The first kappa shape index (κ1) is 15.8. The smallest absolute Gasteiger partial charge is 0.225 e. The first-order valence-electron chi connectivity index (χ1n) is 7.87. The average molecular weight is 320 g/mol. The zero-order valence-corrected chi connectivity index (χ0v) is 13.7. The van der Waals surface area contributed by atoms with E-state index in [1.807, 2.05) is 56.3 Å². The van der Waals surface area contributed by atoms with Crippen molar-refractivity contribution in [2.45, 2.75) is 19.9 Å². The molecule has 0 aliphatic heterocycles. The van der Waals surface area contributed by atoms with E-state index in [0.717, 1.165) is 16.9 Å². The number of rotatable bonds is 5. The Bertz CT molecular complexity index is 819. The van der Waals surface area contributed by atoms with Crippen LogP contribution < -0.4 is 10.6 Å². The molecule has 3 aromatic rings. The van der Waals surface area contributed by atoms with Gasteiger partial charge in [-0.05, 0) is 26.0 Å². The monoisotopic (exact) mass is 320 g/mol. The van der Waals surface area contributed by atoms with Crippen molar-refractivity contribution in [1.29, 1.82) is 0 Å². The predicted molar refractivity (Wildman–Crippen MR) is 97.6 cm³/mol. The predicted octanol–water partition coefficient (Wildman–Crippen LogP) is 4.41. The Hall–Kier alpha value is -3.08. The molecule has 2 aromatic carbocycles. The van der Waals surface area contributed by atoms with Crippen molar-refractivity contribution >= 4 is 17.5 Å². The molecular weight excluding hydrogens is 300 g/mol. The van der Waals surface area contributed by atoms with Crippen molar-refractivity contribution in [1.82, 2.24) is 9.97 Å². The summed E-state index contributed by atoms with van der Waals surface area (Å²) in [6.07, 6.45) is 0. The summed E-state index contributed by atoms with van der Waals surface area (Å²) >= 11 is 0. The van der Waals surface area contributed by atoms with Crippen LogP contribution in [-0.4, -0.2) is 21.1 Å². The Morgan fingerprint density at radius 3 is 2.42 bits per heavy atom. The van der Waals surface area contributed by atoms with E-state index in [-0.39, 0.29) is 11.8 Å². The number of nitrogens with zero attached hydrogens (tertiary/aromatic N) is 2. The lowest BCUT2D eigenvalue weighted by Gasteiger charge is -2.13. The number of phenolic OH excluding ortho intramolecular Hbond substituents is 1. The molecule has 122 valence electrons. The zero-order chi connectivity index (χ0) is 16.9. The highest BCUT2D eigenvalue weighted by Gasteiger charge is 2.08. The molecule has 3 N–H and O–H groups in total. The van der Waals surface area contributed by atoms with Gasteiger partial charge < -0.3 is 15.7 Å². The molecule has 0 bridgehead atoms. The maximum absolute atomic E-state index is 9.61. The number of aromatic hydroxyl groups is 1. The van der Waals surface area contributed by atoms with Crippen molar-refractivity contribution in [2.75, 3.05) is 10.6 Å². The van der Waals surface area contributed by atoms with Gasteiger partial charge in [0.05, 0.1) is 5.69 Å². The molecule has 0 spiro atoms. The molecule has 24 heavy (non-hydrogen) atoms. The van der Waals surface area contributed by atoms with Crippen LogP contribution in [0.2, 0.25) is 0 Å². The lowest BCUT2D eigenvalue weighted by atomic mass is 10.1. The number of phenols is 1. The first-order chi connectivity index (χ1) is 11.6. The van der Waals surface area contributed by atoms with Crippen LogP contribution in [0, 0.1) is 0 Å². The fourth-order valence-electron chi connectivity index (χ4n) is 2.32. The molecule has 5 nitrogen and oxygen atoms in total. The molecule has 0 amide bonds. The van der Waals surface area contributed by atoms with Gasteiger partial charge in [0.2, 0.25) is 5.95 Å². The number of hydrogen-bond donors (Lipinski definition) is 3. The summed E-state index contributed by atoms with van der Waals surface area (Å²) in [6, 6.07) is 19.0. The Balaban J connectivity index is 1.98. The van der Waals surface area contributed by atoms with Gasteiger partial charge in [0.15, 0.2) is 0 Å². The lowest BCUT2D eigenvalue weighted by molar-refractivity contribution is 0.475. The second kappa shape index (κ2) is 7.00. The average Bonchev–Trinajstić information content (AvgIpc) is 2.55. The number of anilines is 3. The first-order valence-corrected chi connectivity index (χ1v) is 7.87. The van der Waals surface area contributed by atoms with Crippen molar-refractivity contribution < 1.29 is 5.11 Å². The SMILES string of the molecule is CC(C)Nc1nc(Nc2cccc(O)c2)cc(-c2ccccc2)n1. The minimum Gasteiger partial charge on any atom is -0.508 e. The summed E-state index contributed by atoms with van der Waals surface area (Å²) in [7, 11) is 0. The third-order valence-electron chi connectivity index (χ3n) is 3.33. The summed E-state index contributed by atoms with van der Waals surface area (Å²) < 4.78 is 0. The van der Waals surface area contributed by atoms with E-state index in [1.165, 1.54) is 0 Å². The molecule has 0 radical (unpaired) electrons. The lowest BCUT2D eigenvalue weighted by Crippen LogP contribution is -2.13. The second-order valence-electron chi connectivity index (χ2n) is 5.80. The van der Waals surface area contributed by atoms with Gasteiger partial charge in [-0.1, -0.05) is 36.4 Å². The quantitative estimate of drug-likeness (QED) is 0.649. The maximum Gasteiger partial charge on any atom is 0.225 e. The van der Waals surface area contributed by atoms with Gasteiger partial charge in [0, 0.05) is 29.4 Å². The third kappa shape index (κ3) is 4.01. The van der Waals surface area contributed by atoms with Crippen molar-refractivity contribution in [2.24, 2.45) is 0 Å². The number of benzene rings is 2. The third-order valence-corrected chi connectivity index (χ3v) is 3.33. The topological polar surface area (TPSA) is 70.1 Å². The molecule has 0 aliphatic carbocycles. The van der Waals surface area contributed by atoms with Crippen LogP contribution in [0.4, 0.5) is 17.5 Å². The van der Waals surface area contributed by atoms with E-state index in [4.69, 9.17) is 0 Å². The Kier molecular flexibility index (Phi) is 4.61. The largest absolute Gasteiger partial charge is 0.508 e. The highest BCUT2D eigenvalue weighted by atomic mass is 16.3. The zero-order valence-electron chi connectivity index (χ0n) is 13.7. The van der Waals surface area contributed by atoms with E-state index < -0.39 is 0 Å². The summed E-state index contributed by atoms with van der Waals surface area (Å²) in [4.78, 5) is 9.10. The van der Waals surface area contributed by atoms with Crippen LogP contribution in [0.25, 0.3) is 11.3 Å². The highest BCUT2D eigenvalue weighted by molar-refractivity contribution is 5.67. The molecule has 0 aliphatic rings. The highest BCUT2D eigenvalue weighted by Crippen LogP contribution is 2.25. The van der Waals surface area contributed by atoms with E-state index in [9.17, 15) is 5.11 Å². The second-order valence-corrected chi connectivity index (χ2v) is 5.80. The van der Waals surface area contributed by atoms with Crippen LogP contribution >= 0.6 is 0 Å². The van der Waals surface area contributed by atoms with E-state index in [0.29, 0.717) is 11.8 Å². The van der Waals surface area contributed by atoms with Gasteiger partial charge >= 0.3 is 0 Å². The Morgan fingerprint density at radius 2 is 1.71 bits per heavy atom.